The zero-order valence-electron chi connectivity index (χ0n) is 13.2. The zero-order valence-corrected chi connectivity index (χ0v) is 13.2. The smallest absolute Gasteiger partial charge is 0.228 e. The maximum Gasteiger partial charge on any atom is 0.228 e. The highest BCUT2D eigenvalue weighted by Gasteiger charge is 2.15. The number of hydrogen-bond acceptors (Lipinski definition) is 6. The van der Waals surface area contributed by atoms with Gasteiger partial charge >= 0.3 is 0 Å². The van der Waals surface area contributed by atoms with Crippen LogP contribution in [-0.4, -0.2) is 58.0 Å². The Balaban J connectivity index is 1.64. The van der Waals surface area contributed by atoms with Gasteiger partial charge < -0.3 is 10.2 Å². The van der Waals surface area contributed by atoms with Crippen LogP contribution in [0.2, 0.25) is 0 Å². The second-order valence-corrected chi connectivity index (χ2v) is 5.72. The summed E-state index contributed by atoms with van der Waals surface area (Å²) in [5.74, 6) is 1.35. The number of nitrogens with zero attached hydrogens (tertiary/aromatic N) is 5. The van der Waals surface area contributed by atoms with Crippen molar-refractivity contribution in [2.24, 2.45) is 0 Å². The molecule has 0 aliphatic carbocycles. The molecule has 1 N–H and O–H groups in total. The van der Waals surface area contributed by atoms with Crippen LogP contribution >= 0.6 is 0 Å². The molecule has 22 heavy (non-hydrogen) atoms. The van der Waals surface area contributed by atoms with Crippen molar-refractivity contribution in [3.8, 4) is 0 Å². The molecule has 0 aromatic carbocycles. The highest BCUT2D eigenvalue weighted by Crippen LogP contribution is 2.16. The lowest BCUT2D eigenvalue weighted by molar-refractivity contribution is 0.148. The molecule has 116 valence electrons. The van der Waals surface area contributed by atoms with E-state index in [-0.39, 0.29) is 0 Å². The Kier molecular flexibility index (Phi) is 4.60. The summed E-state index contributed by atoms with van der Waals surface area (Å²) in [4.78, 5) is 17.8. The topological polar surface area (TPSA) is 57.2 Å². The number of aromatic nitrogens is 3. The van der Waals surface area contributed by atoms with Gasteiger partial charge in [0.1, 0.15) is 5.82 Å². The highest BCUT2D eigenvalue weighted by atomic mass is 15.2. The molecule has 6 nitrogen and oxygen atoms in total. The van der Waals surface area contributed by atoms with Gasteiger partial charge in [0.15, 0.2) is 0 Å². The molecular formula is C16H22N6. The summed E-state index contributed by atoms with van der Waals surface area (Å²) in [5.41, 5.74) is 2.34. The number of piperazine rings is 1. The van der Waals surface area contributed by atoms with E-state index in [1.165, 1.54) is 5.56 Å². The molecule has 0 spiro atoms. The molecule has 0 radical (unpaired) electrons. The monoisotopic (exact) mass is 298 g/mol. The maximum atomic E-state index is 4.62. The first kappa shape index (κ1) is 14.9. The van der Waals surface area contributed by atoms with Gasteiger partial charge in [-0.1, -0.05) is 6.07 Å². The molecule has 1 aliphatic heterocycles. The third kappa shape index (κ3) is 3.78. The van der Waals surface area contributed by atoms with Crippen LogP contribution in [0.1, 0.15) is 11.3 Å². The van der Waals surface area contributed by atoms with Crippen LogP contribution in [0, 0.1) is 6.92 Å². The third-order valence-corrected chi connectivity index (χ3v) is 3.99. The minimum absolute atomic E-state index is 0.571. The van der Waals surface area contributed by atoms with Crippen LogP contribution in [0.25, 0.3) is 0 Å². The first-order chi connectivity index (χ1) is 10.7. The number of anilines is 2. The number of aryl methyl sites for hydroxylation is 1. The van der Waals surface area contributed by atoms with Gasteiger partial charge in [0, 0.05) is 50.8 Å². The van der Waals surface area contributed by atoms with E-state index >= 15 is 0 Å². The van der Waals surface area contributed by atoms with E-state index < -0.39 is 0 Å². The van der Waals surface area contributed by atoms with Crippen molar-refractivity contribution in [3.05, 3.63) is 41.9 Å². The van der Waals surface area contributed by atoms with Crippen LogP contribution in [0.4, 0.5) is 11.8 Å². The molecule has 1 saturated heterocycles. The van der Waals surface area contributed by atoms with Crippen LogP contribution in [0.15, 0.2) is 30.6 Å². The molecule has 1 aliphatic rings. The van der Waals surface area contributed by atoms with E-state index in [2.05, 4.69) is 50.1 Å². The van der Waals surface area contributed by atoms with E-state index in [1.807, 2.05) is 6.07 Å². The van der Waals surface area contributed by atoms with Crippen LogP contribution < -0.4 is 5.32 Å². The number of pyridine rings is 1. The predicted octanol–water partition coefficient (Wildman–Crippen LogP) is 1.67. The molecule has 0 unspecified atom stereocenters. The Morgan fingerprint density at radius 1 is 1.09 bits per heavy atom. The molecule has 2 aromatic rings. The highest BCUT2D eigenvalue weighted by molar-refractivity contribution is 5.48. The molecule has 0 saturated carbocycles. The second kappa shape index (κ2) is 6.81. The van der Waals surface area contributed by atoms with Gasteiger partial charge in [-0.2, -0.15) is 0 Å². The Morgan fingerprint density at radius 2 is 1.82 bits per heavy atom. The summed E-state index contributed by atoms with van der Waals surface area (Å²) in [6.07, 6.45) is 3.42. The van der Waals surface area contributed by atoms with Crippen LogP contribution in [0.3, 0.4) is 0 Å². The van der Waals surface area contributed by atoms with Gasteiger partial charge in [-0.3, -0.25) is 4.90 Å². The Labute approximate surface area is 131 Å². The molecule has 6 heteroatoms. The average Bonchev–Trinajstić information content (AvgIpc) is 2.53. The first-order valence-electron chi connectivity index (χ1n) is 7.62. The van der Waals surface area contributed by atoms with Crippen molar-refractivity contribution in [1.29, 1.82) is 0 Å². The normalized spacial score (nSPS) is 16.6. The SMILES string of the molecule is Cc1nc(Nc2ncccn2)ccc1CN1CCN(C)CC1. The van der Waals surface area contributed by atoms with Gasteiger partial charge in [0.05, 0.1) is 0 Å². The van der Waals surface area contributed by atoms with E-state index in [0.29, 0.717) is 5.95 Å². The summed E-state index contributed by atoms with van der Waals surface area (Å²) in [5, 5.41) is 3.13. The fourth-order valence-electron chi connectivity index (χ4n) is 2.55. The molecule has 3 rings (SSSR count). The number of rotatable bonds is 4. The van der Waals surface area contributed by atoms with Gasteiger partial charge in [-0.25, -0.2) is 15.0 Å². The lowest BCUT2D eigenvalue weighted by atomic mass is 10.1. The fraction of sp³-hybridized carbons (Fsp3) is 0.438. The summed E-state index contributed by atoms with van der Waals surface area (Å²) in [7, 11) is 2.18. The van der Waals surface area contributed by atoms with Crippen molar-refractivity contribution >= 4 is 11.8 Å². The fourth-order valence-corrected chi connectivity index (χ4v) is 2.55. The van der Waals surface area contributed by atoms with Crippen molar-refractivity contribution in [2.75, 3.05) is 38.5 Å². The van der Waals surface area contributed by atoms with Crippen molar-refractivity contribution < 1.29 is 0 Å². The van der Waals surface area contributed by atoms with E-state index in [9.17, 15) is 0 Å². The van der Waals surface area contributed by atoms with Crippen molar-refractivity contribution in [1.82, 2.24) is 24.8 Å². The van der Waals surface area contributed by atoms with Crippen LogP contribution in [0.5, 0.6) is 0 Å². The van der Waals surface area contributed by atoms with Crippen LogP contribution in [-0.2, 0) is 6.54 Å². The summed E-state index contributed by atoms with van der Waals surface area (Å²) in [6.45, 7) is 7.54. The van der Waals surface area contributed by atoms with E-state index in [4.69, 9.17) is 0 Å². The third-order valence-electron chi connectivity index (χ3n) is 3.99. The lowest BCUT2D eigenvalue weighted by Gasteiger charge is -2.32. The van der Waals surface area contributed by atoms with E-state index in [1.54, 1.807) is 18.5 Å². The van der Waals surface area contributed by atoms with Gasteiger partial charge in [-0.05, 0) is 31.7 Å². The Bertz CT molecular complexity index is 607. The molecule has 2 aromatic heterocycles. The summed E-state index contributed by atoms with van der Waals surface area (Å²) >= 11 is 0. The largest absolute Gasteiger partial charge is 0.309 e. The Hall–Kier alpha value is -2.05. The number of hydrogen-bond donors (Lipinski definition) is 1. The maximum absolute atomic E-state index is 4.62. The average molecular weight is 298 g/mol. The molecule has 0 atom stereocenters. The molecule has 1 fully saturated rings. The Morgan fingerprint density at radius 3 is 2.50 bits per heavy atom. The first-order valence-corrected chi connectivity index (χ1v) is 7.62. The predicted molar refractivity (Wildman–Crippen MR) is 87.1 cm³/mol. The molecule has 3 heterocycles. The lowest BCUT2D eigenvalue weighted by Crippen LogP contribution is -2.44. The molecule has 0 amide bonds. The van der Waals surface area contributed by atoms with Gasteiger partial charge in [-0.15, -0.1) is 0 Å². The number of nitrogens with one attached hydrogen (secondary N) is 1. The zero-order chi connectivity index (χ0) is 15.4. The minimum atomic E-state index is 0.571. The van der Waals surface area contributed by atoms with Gasteiger partial charge in [0.25, 0.3) is 0 Å². The quantitative estimate of drug-likeness (QED) is 0.926. The molecular weight excluding hydrogens is 276 g/mol. The second-order valence-electron chi connectivity index (χ2n) is 5.72. The minimum Gasteiger partial charge on any atom is -0.309 e. The standard InChI is InChI=1S/C16H22N6/c1-13-14(12-22-10-8-21(2)9-11-22)4-5-15(19-13)20-16-17-6-3-7-18-16/h3-7H,8-12H2,1-2H3,(H,17,18,19,20). The number of likely N-dealkylation sites (N-methyl/N-ethyl adjacent to an activating group) is 1. The van der Waals surface area contributed by atoms with E-state index in [0.717, 1.165) is 44.2 Å². The summed E-state index contributed by atoms with van der Waals surface area (Å²) in [6, 6.07) is 5.93. The van der Waals surface area contributed by atoms with Crippen molar-refractivity contribution in [3.63, 3.8) is 0 Å². The van der Waals surface area contributed by atoms with Gasteiger partial charge in [0.2, 0.25) is 5.95 Å². The van der Waals surface area contributed by atoms with Crippen molar-refractivity contribution in [2.45, 2.75) is 13.5 Å². The summed E-state index contributed by atoms with van der Waals surface area (Å²) < 4.78 is 0. The molecule has 0 bridgehead atoms.